The van der Waals surface area contributed by atoms with E-state index >= 15 is 0 Å². The van der Waals surface area contributed by atoms with Gasteiger partial charge in [-0.3, -0.25) is 0 Å². The summed E-state index contributed by atoms with van der Waals surface area (Å²) in [5, 5.41) is 23.2. The van der Waals surface area contributed by atoms with Crippen molar-refractivity contribution in [1.29, 1.82) is 5.26 Å². The first-order chi connectivity index (χ1) is 23.2. The van der Waals surface area contributed by atoms with E-state index in [2.05, 4.69) is 151 Å². The van der Waals surface area contributed by atoms with Crippen molar-refractivity contribution in [3.05, 3.63) is 169 Å². The Labute approximate surface area is 273 Å². The standard InChI is InChI=1S/C45H28N2/c46-28-35-7-2-4-10-41(35)42-24-18-32-12-13-33-26-36(27-34-19-25-43(42)45(32)44(33)34)29-14-20-37(21-15-29)47-38-22-16-31(17-23-38)40-11-5-8-30-6-1-3-9-39(30)40/h1-27,47H. The number of nitrogens with zero attached hydrogens (tertiary/aromatic N) is 1. The average Bonchev–Trinajstić information content (AvgIpc) is 3.14. The van der Waals surface area contributed by atoms with E-state index in [1.165, 1.54) is 65.3 Å². The maximum atomic E-state index is 9.78. The van der Waals surface area contributed by atoms with E-state index in [0.717, 1.165) is 22.5 Å². The molecule has 0 aliphatic heterocycles. The van der Waals surface area contributed by atoms with Gasteiger partial charge in [-0.1, -0.05) is 121 Å². The number of hydrogen-bond acceptors (Lipinski definition) is 2. The lowest BCUT2D eigenvalue weighted by atomic mass is 9.87. The highest BCUT2D eigenvalue weighted by Gasteiger charge is 2.15. The highest BCUT2D eigenvalue weighted by Crippen LogP contribution is 2.41. The molecule has 0 fully saturated rings. The molecule has 2 heteroatoms. The Morgan fingerprint density at radius 3 is 1.79 bits per heavy atom. The number of benzene rings is 9. The van der Waals surface area contributed by atoms with Crippen molar-refractivity contribution in [1.82, 2.24) is 0 Å². The van der Waals surface area contributed by atoms with Crippen molar-refractivity contribution in [2.75, 3.05) is 5.32 Å². The number of nitriles is 1. The molecular weight excluding hydrogens is 569 g/mol. The molecule has 0 atom stereocenters. The van der Waals surface area contributed by atoms with Gasteiger partial charge in [0.05, 0.1) is 11.6 Å². The number of anilines is 2. The van der Waals surface area contributed by atoms with Gasteiger partial charge in [0.15, 0.2) is 0 Å². The smallest absolute Gasteiger partial charge is 0.0998 e. The fraction of sp³-hybridized carbons (Fsp3) is 0. The van der Waals surface area contributed by atoms with Gasteiger partial charge in [-0.25, -0.2) is 0 Å². The molecule has 0 spiro atoms. The normalized spacial score (nSPS) is 11.4. The molecule has 0 aliphatic carbocycles. The molecule has 0 saturated carbocycles. The number of nitrogens with one attached hydrogen (secondary N) is 1. The first-order valence-corrected chi connectivity index (χ1v) is 15.9. The summed E-state index contributed by atoms with van der Waals surface area (Å²) in [4.78, 5) is 0. The van der Waals surface area contributed by atoms with Crippen molar-refractivity contribution in [3.63, 3.8) is 0 Å². The average molecular weight is 597 g/mol. The molecule has 0 aromatic heterocycles. The lowest BCUT2D eigenvalue weighted by molar-refractivity contribution is 1.48. The molecule has 0 radical (unpaired) electrons. The van der Waals surface area contributed by atoms with E-state index in [1.54, 1.807) is 0 Å². The minimum atomic E-state index is 0.695. The van der Waals surface area contributed by atoms with Crippen LogP contribution in [0.25, 0.3) is 76.5 Å². The van der Waals surface area contributed by atoms with Gasteiger partial charge in [0, 0.05) is 16.9 Å². The lowest BCUT2D eigenvalue weighted by Crippen LogP contribution is -1.91. The van der Waals surface area contributed by atoms with Crippen molar-refractivity contribution in [3.8, 4) is 39.4 Å². The third-order valence-electron chi connectivity index (χ3n) is 9.43. The summed E-state index contributed by atoms with van der Waals surface area (Å²) < 4.78 is 0. The zero-order chi connectivity index (χ0) is 31.3. The molecule has 9 aromatic rings. The number of hydrogen-bond donors (Lipinski definition) is 1. The van der Waals surface area contributed by atoms with Gasteiger partial charge in [0.2, 0.25) is 0 Å². The van der Waals surface area contributed by atoms with Crippen LogP contribution in [0.3, 0.4) is 0 Å². The molecule has 9 rings (SSSR count). The lowest BCUT2D eigenvalue weighted by Gasteiger charge is -2.16. The largest absolute Gasteiger partial charge is 0.356 e. The molecule has 2 nitrogen and oxygen atoms in total. The maximum absolute atomic E-state index is 9.78. The fourth-order valence-corrected chi connectivity index (χ4v) is 7.16. The highest BCUT2D eigenvalue weighted by atomic mass is 14.9. The van der Waals surface area contributed by atoms with Crippen LogP contribution in [0.4, 0.5) is 11.4 Å². The molecule has 9 aromatic carbocycles. The Morgan fingerprint density at radius 1 is 0.383 bits per heavy atom. The van der Waals surface area contributed by atoms with Crippen molar-refractivity contribution in [2.24, 2.45) is 0 Å². The third-order valence-corrected chi connectivity index (χ3v) is 9.43. The Bertz CT molecular complexity index is 2620. The van der Waals surface area contributed by atoms with Crippen molar-refractivity contribution >= 4 is 54.5 Å². The maximum Gasteiger partial charge on any atom is 0.0998 e. The van der Waals surface area contributed by atoms with E-state index in [1.807, 2.05) is 24.3 Å². The van der Waals surface area contributed by atoms with Crippen LogP contribution in [0.1, 0.15) is 5.56 Å². The Balaban J connectivity index is 1.02. The van der Waals surface area contributed by atoms with E-state index in [0.29, 0.717) is 5.56 Å². The zero-order valence-corrected chi connectivity index (χ0v) is 25.5. The summed E-state index contributed by atoms with van der Waals surface area (Å²) >= 11 is 0. The Hall–Kier alpha value is -6.43. The van der Waals surface area contributed by atoms with Crippen LogP contribution in [0.2, 0.25) is 0 Å². The molecule has 0 unspecified atom stereocenters. The minimum absolute atomic E-state index is 0.695. The summed E-state index contributed by atoms with van der Waals surface area (Å²) in [6.07, 6.45) is 0. The Kier molecular flexibility index (Phi) is 6.23. The highest BCUT2D eigenvalue weighted by molar-refractivity contribution is 6.26. The quantitative estimate of drug-likeness (QED) is 0.201. The summed E-state index contributed by atoms with van der Waals surface area (Å²) in [5.74, 6) is 0. The van der Waals surface area contributed by atoms with Crippen LogP contribution < -0.4 is 5.32 Å². The predicted octanol–water partition coefficient (Wildman–Crippen LogP) is 12.4. The molecule has 0 heterocycles. The summed E-state index contributed by atoms with van der Waals surface area (Å²) in [7, 11) is 0. The van der Waals surface area contributed by atoms with Gasteiger partial charge in [-0.2, -0.15) is 5.26 Å². The Morgan fingerprint density at radius 2 is 1.00 bits per heavy atom. The van der Waals surface area contributed by atoms with Gasteiger partial charge < -0.3 is 5.32 Å². The topological polar surface area (TPSA) is 35.8 Å². The molecule has 0 bridgehead atoms. The van der Waals surface area contributed by atoms with Crippen LogP contribution in [0.5, 0.6) is 0 Å². The zero-order valence-electron chi connectivity index (χ0n) is 25.5. The fourth-order valence-electron chi connectivity index (χ4n) is 7.16. The summed E-state index contributed by atoms with van der Waals surface area (Å²) in [5.41, 5.74) is 9.70. The minimum Gasteiger partial charge on any atom is -0.356 e. The molecule has 0 saturated heterocycles. The number of fused-ring (bicyclic) bond motifs is 1. The van der Waals surface area contributed by atoms with Gasteiger partial charge in [-0.05, 0) is 113 Å². The van der Waals surface area contributed by atoms with Gasteiger partial charge in [0.25, 0.3) is 0 Å². The number of rotatable bonds is 5. The van der Waals surface area contributed by atoms with Gasteiger partial charge in [-0.15, -0.1) is 0 Å². The monoisotopic (exact) mass is 596 g/mol. The van der Waals surface area contributed by atoms with Crippen LogP contribution in [0, 0.1) is 11.3 Å². The van der Waals surface area contributed by atoms with Crippen LogP contribution in [-0.4, -0.2) is 0 Å². The molecule has 218 valence electrons. The van der Waals surface area contributed by atoms with Crippen LogP contribution >= 0.6 is 0 Å². The molecular formula is C45H28N2. The first kappa shape index (κ1) is 26.9. The van der Waals surface area contributed by atoms with E-state index in [4.69, 9.17) is 0 Å². The van der Waals surface area contributed by atoms with E-state index < -0.39 is 0 Å². The first-order valence-electron chi connectivity index (χ1n) is 15.9. The van der Waals surface area contributed by atoms with Crippen molar-refractivity contribution < 1.29 is 0 Å². The van der Waals surface area contributed by atoms with E-state index in [-0.39, 0.29) is 0 Å². The summed E-state index contributed by atoms with van der Waals surface area (Å²) in [6, 6.07) is 60.4. The second kappa shape index (κ2) is 10.9. The molecule has 0 amide bonds. The SMILES string of the molecule is N#Cc1ccccc1-c1ccc2ccc3cc(-c4ccc(Nc5ccc(-c6cccc7ccccc67)cc5)cc4)cc4ccc1c2c34. The van der Waals surface area contributed by atoms with Gasteiger partial charge in [0.1, 0.15) is 0 Å². The van der Waals surface area contributed by atoms with Crippen LogP contribution in [-0.2, 0) is 0 Å². The second-order valence-electron chi connectivity index (χ2n) is 12.2. The third kappa shape index (κ3) is 4.57. The van der Waals surface area contributed by atoms with Crippen molar-refractivity contribution in [2.45, 2.75) is 0 Å². The summed E-state index contributed by atoms with van der Waals surface area (Å²) in [6.45, 7) is 0. The predicted molar refractivity (Wildman–Crippen MR) is 198 cm³/mol. The van der Waals surface area contributed by atoms with Gasteiger partial charge >= 0.3 is 0 Å². The van der Waals surface area contributed by atoms with Crippen LogP contribution in [0.15, 0.2) is 164 Å². The van der Waals surface area contributed by atoms with E-state index in [9.17, 15) is 5.26 Å². The second-order valence-corrected chi connectivity index (χ2v) is 12.2. The molecule has 47 heavy (non-hydrogen) atoms. The molecule has 1 N–H and O–H groups in total. The molecule has 0 aliphatic rings.